The quantitative estimate of drug-likeness (QED) is 0.317. The van der Waals surface area contributed by atoms with Gasteiger partial charge in [0, 0.05) is 11.3 Å². The fourth-order valence-corrected chi connectivity index (χ4v) is 1.28. The molecule has 0 amide bonds. The van der Waals surface area contributed by atoms with Gasteiger partial charge in [-0.05, 0) is 25.3 Å². The zero-order valence-electron chi connectivity index (χ0n) is 6.04. The van der Waals surface area contributed by atoms with Gasteiger partial charge in [0.15, 0.2) is 0 Å². The zero-order valence-corrected chi connectivity index (χ0v) is 6.04. The number of hydrogen-bond donors (Lipinski definition) is 0. The van der Waals surface area contributed by atoms with Gasteiger partial charge in [-0.3, -0.25) is 10.1 Å². The second-order valence-corrected chi connectivity index (χ2v) is 2.68. The van der Waals surface area contributed by atoms with Crippen LogP contribution in [-0.4, -0.2) is 11.0 Å². The molecule has 3 nitrogen and oxygen atoms in total. The highest BCUT2D eigenvalue weighted by atomic mass is 16.6. The first-order chi connectivity index (χ1) is 4.72. The lowest BCUT2D eigenvalue weighted by atomic mass is 9.96. The Morgan fingerprint density at radius 2 is 2.50 bits per heavy atom. The molecule has 0 bridgehead atoms. The Hall–Kier alpha value is -0.860. The standard InChI is InChI=1S/C7H11NO2/c1-6-4-2-3-5-7(6)8(9)10/h4,7H,2-3,5H2,1H3. The van der Waals surface area contributed by atoms with E-state index in [1.54, 1.807) is 0 Å². The van der Waals surface area contributed by atoms with Gasteiger partial charge in [0.1, 0.15) is 0 Å². The van der Waals surface area contributed by atoms with Gasteiger partial charge in [-0.1, -0.05) is 6.08 Å². The van der Waals surface area contributed by atoms with Crippen LogP contribution in [0.2, 0.25) is 0 Å². The van der Waals surface area contributed by atoms with Crippen LogP contribution in [0.3, 0.4) is 0 Å². The Morgan fingerprint density at radius 3 is 2.90 bits per heavy atom. The smallest absolute Gasteiger partial charge is 0.233 e. The molecule has 0 N–H and O–H groups in total. The van der Waals surface area contributed by atoms with Gasteiger partial charge in [0.25, 0.3) is 0 Å². The first-order valence-corrected chi connectivity index (χ1v) is 3.52. The van der Waals surface area contributed by atoms with Crippen LogP contribution in [0.5, 0.6) is 0 Å². The molecule has 1 unspecified atom stereocenters. The van der Waals surface area contributed by atoms with Crippen molar-refractivity contribution in [3.05, 3.63) is 21.8 Å². The minimum atomic E-state index is -0.395. The molecule has 10 heavy (non-hydrogen) atoms. The summed E-state index contributed by atoms with van der Waals surface area (Å²) in [5.74, 6) is 0. The predicted octanol–water partition coefficient (Wildman–Crippen LogP) is 1.76. The second kappa shape index (κ2) is 2.82. The van der Waals surface area contributed by atoms with Crippen LogP contribution >= 0.6 is 0 Å². The van der Waals surface area contributed by atoms with Crippen LogP contribution in [0.4, 0.5) is 0 Å². The largest absolute Gasteiger partial charge is 0.264 e. The number of rotatable bonds is 1. The monoisotopic (exact) mass is 141 g/mol. The van der Waals surface area contributed by atoms with Gasteiger partial charge in [-0.25, -0.2) is 0 Å². The van der Waals surface area contributed by atoms with Crippen molar-refractivity contribution in [3.8, 4) is 0 Å². The van der Waals surface area contributed by atoms with Crippen LogP contribution in [-0.2, 0) is 0 Å². The van der Waals surface area contributed by atoms with Crippen molar-refractivity contribution in [3.63, 3.8) is 0 Å². The molecule has 0 aromatic rings. The fraction of sp³-hybridized carbons (Fsp3) is 0.714. The van der Waals surface area contributed by atoms with E-state index in [1.165, 1.54) is 0 Å². The number of nitro groups is 1. The molecule has 56 valence electrons. The van der Waals surface area contributed by atoms with Crippen molar-refractivity contribution in [1.82, 2.24) is 0 Å². The Bertz CT molecular complexity index is 174. The van der Waals surface area contributed by atoms with E-state index in [2.05, 4.69) is 0 Å². The average Bonchev–Trinajstić information content (AvgIpc) is 1.88. The summed E-state index contributed by atoms with van der Waals surface area (Å²) in [5.41, 5.74) is 0.927. The van der Waals surface area contributed by atoms with Gasteiger partial charge in [-0.2, -0.15) is 0 Å². The lowest BCUT2D eigenvalue weighted by Gasteiger charge is -2.13. The molecule has 0 saturated carbocycles. The Labute approximate surface area is 59.9 Å². The van der Waals surface area contributed by atoms with Crippen LogP contribution in [0.15, 0.2) is 11.6 Å². The fourth-order valence-electron chi connectivity index (χ4n) is 1.28. The van der Waals surface area contributed by atoms with Gasteiger partial charge in [0.2, 0.25) is 6.04 Å². The summed E-state index contributed by atoms with van der Waals surface area (Å²) >= 11 is 0. The molecule has 0 radical (unpaired) electrons. The number of allylic oxidation sites excluding steroid dienone is 1. The van der Waals surface area contributed by atoms with Crippen molar-refractivity contribution < 1.29 is 4.92 Å². The van der Waals surface area contributed by atoms with Crippen LogP contribution in [0.1, 0.15) is 26.2 Å². The molecule has 1 rings (SSSR count). The highest BCUT2D eigenvalue weighted by molar-refractivity contribution is 5.07. The molecule has 0 heterocycles. The molecule has 0 fully saturated rings. The molecular weight excluding hydrogens is 130 g/mol. The van der Waals surface area contributed by atoms with Crippen LogP contribution in [0, 0.1) is 10.1 Å². The van der Waals surface area contributed by atoms with Gasteiger partial charge in [-0.15, -0.1) is 0 Å². The molecule has 0 aromatic carbocycles. The summed E-state index contributed by atoms with van der Waals surface area (Å²) in [5, 5.41) is 10.3. The molecule has 1 atom stereocenters. The topological polar surface area (TPSA) is 43.1 Å². The highest BCUT2D eigenvalue weighted by Gasteiger charge is 2.23. The minimum absolute atomic E-state index is 0.189. The van der Waals surface area contributed by atoms with E-state index in [0.29, 0.717) is 0 Å². The van der Waals surface area contributed by atoms with Crippen LogP contribution in [0.25, 0.3) is 0 Å². The van der Waals surface area contributed by atoms with Gasteiger partial charge >= 0.3 is 0 Å². The third-order valence-corrected chi connectivity index (χ3v) is 1.93. The normalized spacial score (nSPS) is 25.7. The summed E-state index contributed by atoms with van der Waals surface area (Å²) in [4.78, 5) is 10.1. The van der Waals surface area contributed by atoms with E-state index >= 15 is 0 Å². The Kier molecular flexibility index (Phi) is 2.04. The maximum absolute atomic E-state index is 10.3. The van der Waals surface area contributed by atoms with E-state index in [0.717, 1.165) is 24.8 Å². The summed E-state index contributed by atoms with van der Waals surface area (Å²) < 4.78 is 0. The van der Waals surface area contributed by atoms with Crippen molar-refractivity contribution in [2.75, 3.05) is 0 Å². The summed E-state index contributed by atoms with van der Waals surface area (Å²) in [6.07, 6.45) is 4.66. The minimum Gasteiger partial charge on any atom is -0.264 e. The number of nitrogens with zero attached hydrogens (tertiary/aromatic N) is 1. The molecule has 0 spiro atoms. The van der Waals surface area contributed by atoms with E-state index < -0.39 is 6.04 Å². The molecule has 1 aliphatic carbocycles. The third kappa shape index (κ3) is 1.35. The molecular formula is C7H11NO2. The first-order valence-electron chi connectivity index (χ1n) is 3.52. The SMILES string of the molecule is CC1=CCCCC1[N+](=O)[O-]. The third-order valence-electron chi connectivity index (χ3n) is 1.93. The summed E-state index contributed by atoms with van der Waals surface area (Å²) in [7, 11) is 0. The Balaban J connectivity index is 2.67. The van der Waals surface area contributed by atoms with Crippen LogP contribution < -0.4 is 0 Å². The molecule has 0 saturated heterocycles. The van der Waals surface area contributed by atoms with E-state index in [9.17, 15) is 10.1 Å². The zero-order chi connectivity index (χ0) is 7.56. The first kappa shape index (κ1) is 7.25. The lowest BCUT2D eigenvalue weighted by molar-refractivity contribution is -0.513. The maximum atomic E-state index is 10.3. The molecule has 0 aromatic heterocycles. The second-order valence-electron chi connectivity index (χ2n) is 2.68. The average molecular weight is 141 g/mol. The van der Waals surface area contributed by atoms with Gasteiger partial charge < -0.3 is 0 Å². The van der Waals surface area contributed by atoms with Crippen molar-refractivity contribution >= 4 is 0 Å². The van der Waals surface area contributed by atoms with Crippen molar-refractivity contribution in [1.29, 1.82) is 0 Å². The lowest BCUT2D eigenvalue weighted by Crippen LogP contribution is -2.22. The van der Waals surface area contributed by atoms with E-state index in [-0.39, 0.29) is 4.92 Å². The van der Waals surface area contributed by atoms with Gasteiger partial charge in [0.05, 0.1) is 0 Å². The number of hydrogen-bond acceptors (Lipinski definition) is 2. The van der Waals surface area contributed by atoms with Crippen molar-refractivity contribution in [2.45, 2.75) is 32.2 Å². The summed E-state index contributed by atoms with van der Waals surface area (Å²) in [6, 6.07) is -0.395. The van der Waals surface area contributed by atoms with E-state index in [4.69, 9.17) is 0 Å². The maximum Gasteiger partial charge on any atom is 0.233 e. The predicted molar refractivity (Wildman–Crippen MR) is 38.4 cm³/mol. The van der Waals surface area contributed by atoms with Crippen molar-refractivity contribution in [2.24, 2.45) is 0 Å². The summed E-state index contributed by atoms with van der Waals surface area (Å²) in [6.45, 7) is 1.84. The molecule has 1 aliphatic rings. The molecule has 3 heteroatoms. The van der Waals surface area contributed by atoms with E-state index in [1.807, 2.05) is 13.0 Å². The molecule has 0 aliphatic heterocycles. The Morgan fingerprint density at radius 1 is 1.80 bits per heavy atom. The highest BCUT2D eigenvalue weighted by Crippen LogP contribution is 2.19.